The minimum atomic E-state index is -1.02. The molecular weight excluding hydrogens is 394 g/mol. The van der Waals surface area contributed by atoms with Crippen molar-refractivity contribution in [1.29, 1.82) is 0 Å². The lowest BCUT2D eigenvalue weighted by atomic mass is 10.1. The number of fused-ring (bicyclic) bond motifs is 1. The maximum absolute atomic E-state index is 14.6. The molecule has 3 N–H and O–H groups in total. The van der Waals surface area contributed by atoms with Crippen molar-refractivity contribution in [2.24, 2.45) is 0 Å². The number of benzene rings is 1. The van der Waals surface area contributed by atoms with Crippen molar-refractivity contribution < 1.29 is 18.7 Å². The van der Waals surface area contributed by atoms with Gasteiger partial charge in [-0.2, -0.15) is 5.10 Å². The van der Waals surface area contributed by atoms with Gasteiger partial charge in [0.15, 0.2) is 11.6 Å². The van der Waals surface area contributed by atoms with E-state index in [1.807, 2.05) is 0 Å². The van der Waals surface area contributed by atoms with E-state index in [-0.39, 0.29) is 17.0 Å². The van der Waals surface area contributed by atoms with E-state index in [0.717, 1.165) is 0 Å². The number of aromatic amines is 1. The summed E-state index contributed by atoms with van der Waals surface area (Å²) in [6, 6.07) is 5.43. The van der Waals surface area contributed by atoms with Gasteiger partial charge in [0.1, 0.15) is 17.2 Å². The van der Waals surface area contributed by atoms with Crippen LogP contribution in [0.4, 0.5) is 14.5 Å². The molecule has 1 aliphatic rings. The normalized spacial score (nSPS) is 14.8. The van der Waals surface area contributed by atoms with Crippen molar-refractivity contribution in [2.75, 3.05) is 5.32 Å². The number of hydrogen-bond donors (Lipinski definition) is 3. The lowest BCUT2D eigenvalue weighted by Crippen LogP contribution is -2.13. The molecule has 4 aromatic rings. The molecule has 10 heteroatoms. The summed E-state index contributed by atoms with van der Waals surface area (Å²) < 4.78 is 29.2. The minimum Gasteiger partial charge on any atom is -0.382 e. The topological polar surface area (TPSA) is 108 Å². The summed E-state index contributed by atoms with van der Waals surface area (Å²) >= 11 is 0. The van der Waals surface area contributed by atoms with Gasteiger partial charge in [-0.25, -0.2) is 13.3 Å². The monoisotopic (exact) mass is 410 g/mol. The van der Waals surface area contributed by atoms with Gasteiger partial charge in [-0.05, 0) is 49.6 Å². The Hall–Kier alpha value is -3.66. The molecule has 1 amide bonds. The number of carbonyl (C=O) groups excluding carboxylic acids is 1. The number of carbonyl (C=O) groups is 1. The summed E-state index contributed by atoms with van der Waals surface area (Å²) in [6.07, 6.45) is 3.65. The van der Waals surface area contributed by atoms with Gasteiger partial charge >= 0.3 is 0 Å². The highest BCUT2D eigenvalue weighted by Gasteiger charge is 2.45. The highest BCUT2D eigenvalue weighted by molar-refractivity contribution is 6.09. The van der Waals surface area contributed by atoms with Gasteiger partial charge in [-0.1, -0.05) is 0 Å². The number of nitrogens with one attached hydrogen (secondary N) is 2. The van der Waals surface area contributed by atoms with Gasteiger partial charge < -0.3 is 15.4 Å². The van der Waals surface area contributed by atoms with Crippen molar-refractivity contribution in [1.82, 2.24) is 24.8 Å². The molecule has 1 aromatic carbocycles. The van der Waals surface area contributed by atoms with Gasteiger partial charge in [0.25, 0.3) is 5.91 Å². The van der Waals surface area contributed by atoms with Gasteiger partial charge in [0.2, 0.25) is 0 Å². The number of H-pyrrole nitrogens is 1. The maximum Gasteiger partial charge on any atom is 0.259 e. The number of anilines is 1. The lowest BCUT2D eigenvalue weighted by Gasteiger charge is -2.10. The number of hydrogen-bond acceptors (Lipinski definition) is 5. The van der Waals surface area contributed by atoms with Crippen LogP contribution in [-0.2, 0) is 5.60 Å². The predicted molar refractivity (Wildman–Crippen MR) is 103 cm³/mol. The molecule has 1 fully saturated rings. The molecule has 8 nitrogen and oxygen atoms in total. The van der Waals surface area contributed by atoms with Crippen LogP contribution in [-0.4, -0.2) is 35.8 Å². The number of aromatic nitrogens is 5. The first-order chi connectivity index (χ1) is 14.3. The van der Waals surface area contributed by atoms with Crippen molar-refractivity contribution in [2.45, 2.75) is 25.4 Å². The molecule has 0 spiro atoms. The van der Waals surface area contributed by atoms with Crippen LogP contribution in [0.25, 0.3) is 16.9 Å². The third-order valence-corrected chi connectivity index (χ3v) is 5.19. The first-order valence-corrected chi connectivity index (χ1v) is 9.24. The summed E-state index contributed by atoms with van der Waals surface area (Å²) in [5, 5.41) is 24.7. The quantitative estimate of drug-likeness (QED) is 0.479. The van der Waals surface area contributed by atoms with Crippen LogP contribution in [0.15, 0.2) is 36.7 Å². The lowest BCUT2D eigenvalue weighted by molar-refractivity contribution is 0.102. The highest BCUT2D eigenvalue weighted by Crippen LogP contribution is 2.43. The molecule has 1 aliphatic carbocycles. The van der Waals surface area contributed by atoms with Crippen LogP contribution < -0.4 is 5.32 Å². The number of pyridine rings is 1. The zero-order valence-corrected chi connectivity index (χ0v) is 15.8. The van der Waals surface area contributed by atoms with E-state index in [9.17, 15) is 18.7 Å². The first kappa shape index (κ1) is 18.4. The number of rotatable bonds is 4. The Morgan fingerprint density at radius 1 is 1.27 bits per heavy atom. The van der Waals surface area contributed by atoms with Crippen molar-refractivity contribution >= 4 is 17.1 Å². The van der Waals surface area contributed by atoms with E-state index in [4.69, 9.17) is 0 Å². The van der Waals surface area contributed by atoms with Gasteiger partial charge in [0, 0.05) is 5.69 Å². The summed E-state index contributed by atoms with van der Waals surface area (Å²) in [6.45, 7) is 1.66. The van der Waals surface area contributed by atoms with Gasteiger partial charge in [0.05, 0.1) is 29.0 Å². The average Bonchev–Trinajstić information content (AvgIpc) is 3.12. The second-order valence-electron chi connectivity index (χ2n) is 7.39. The van der Waals surface area contributed by atoms with Crippen molar-refractivity contribution in [3.63, 3.8) is 0 Å². The summed E-state index contributed by atoms with van der Waals surface area (Å²) in [4.78, 5) is 15.6. The van der Waals surface area contributed by atoms with Crippen LogP contribution in [0, 0.1) is 18.6 Å². The minimum absolute atomic E-state index is 0.112. The second kappa shape index (κ2) is 6.42. The molecule has 0 unspecified atom stereocenters. The first-order valence-electron chi connectivity index (χ1n) is 9.24. The molecule has 5 rings (SSSR count). The van der Waals surface area contributed by atoms with Crippen LogP contribution in [0.1, 0.15) is 34.6 Å². The molecule has 1 saturated carbocycles. The van der Waals surface area contributed by atoms with Gasteiger partial charge in [-0.3, -0.25) is 4.79 Å². The zero-order valence-electron chi connectivity index (χ0n) is 15.8. The molecule has 30 heavy (non-hydrogen) atoms. The maximum atomic E-state index is 14.6. The van der Waals surface area contributed by atoms with E-state index in [1.165, 1.54) is 41.2 Å². The third-order valence-electron chi connectivity index (χ3n) is 5.19. The summed E-state index contributed by atoms with van der Waals surface area (Å²) in [5.41, 5.74) is 0.658. The highest BCUT2D eigenvalue weighted by atomic mass is 19.1. The summed E-state index contributed by atoms with van der Waals surface area (Å²) in [7, 11) is 0. The zero-order chi connectivity index (χ0) is 21.0. The van der Waals surface area contributed by atoms with E-state index in [2.05, 4.69) is 25.6 Å². The van der Waals surface area contributed by atoms with Crippen LogP contribution in [0.5, 0.6) is 0 Å². The summed E-state index contributed by atoms with van der Waals surface area (Å²) in [5.74, 6) is -1.03. The molecule has 0 saturated heterocycles. The molecule has 0 bridgehead atoms. The molecule has 0 radical (unpaired) electrons. The van der Waals surface area contributed by atoms with Crippen molar-refractivity contribution in [3.05, 3.63) is 65.2 Å². The Bertz CT molecular complexity index is 1310. The number of amides is 1. The predicted octanol–water partition coefficient (Wildman–Crippen LogP) is 2.94. The van der Waals surface area contributed by atoms with E-state index >= 15 is 0 Å². The number of halogens is 2. The van der Waals surface area contributed by atoms with E-state index < -0.39 is 23.1 Å². The van der Waals surface area contributed by atoms with Crippen LogP contribution >= 0.6 is 0 Å². The Morgan fingerprint density at radius 2 is 2.07 bits per heavy atom. The van der Waals surface area contributed by atoms with Crippen LogP contribution in [0.2, 0.25) is 0 Å². The molecular formula is C20H16F2N6O2. The fourth-order valence-electron chi connectivity index (χ4n) is 3.26. The SMILES string of the molecule is Cc1cc(F)c(-c2nnc(C3(O)CC3)[nH]2)cc1NC(=O)c1cnn2cc(F)ccc12. The average molecular weight is 410 g/mol. The Morgan fingerprint density at radius 3 is 2.83 bits per heavy atom. The number of aliphatic hydroxyl groups is 1. The van der Waals surface area contributed by atoms with Crippen molar-refractivity contribution in [3.8, 4) is 11.4 Å². The molecule has 0 aliphatic heterocycles. The third kappa shape index (κ3) is 3.01. The number of aryl methyl sites for hydroxylation is 1. The van der Waals surface area contributed by atoms with E-state index in [1.54, 1.807) is 6.92 Å². The fraction of sp³-hybridized carbons (Fsp3) is 0.200. The molecule has 3 aromatic heterocycles. The largest absolute Gasteiger partial charge is 0.382 e. The van der Waals surface area contributed by atoms with Crippen LogP contribution in [0.3, 0.4) is 0 Å². The van der Waals surface area contributed by atoms with Gasteiger partial charge in [-0.15, -0.1) is 10.2 Å². The fourth-order valence-corrected chi connectivity index (χ4v) is 3.26. The Kier molecular flexibility index (Phi) is 3.93. The second-order valence-corrected chi connectivity index (χ2v) is 7.39. The van der Waals surface area contributed by atoms with E-state index in [0.29, 0.717) is 35.4 Å². The Balaban J connectivity index is 1.47. The molecule has 0 atom stereocenters. The molecule has 3 heterocycles. The standard InChI is InChI=1S/C20H16F2N6O2/c1-10-6-14(22)12(17-25-19(27-26-17)20(30)4-5-20)7-15(10)24-18(29)13-8-23-28-9-11(21)2-3-16(13)28/h2-3,6-9,30H,4-5H2,1H3,(H,24,29)(H,25,26,27). The Labute approximate surface area is 168 Å². The smallest absolute Gasteiger partial charge is 0.259 e. The number of nitrogens with zero attached hydrogens (tertiary/aromatic N) is 4. The molecule has 152 valence electrons.